The van der Waals surface area contributed by atoms with Gasteiger partial charge in [-0.2, -0.15) is 0 Å². The van der Waals surface area contributed by atoms with Gasteiger partial charge in [-0.25, -0.2) is 0 Å². The molecule has 0 spiro atoms. The first-order valence-electron chi connectivity index (χ1n) is 6.32. The van der Waals surface area contributed by atoms with Crippen molar-refractivity contribution in [3.8, 4) is 0 Å². The Morgan fingerprint density at radius 3 is 2.65 bits per heavy atom. The molecule has 0 bridgehead atoms. The van der Waals surface area contributed by atoms with E-state index in [0.29, 0.717) is 16.0 Å². The Morgan fingerprint density at radius 1 is 1.29 bits per heavy atom. The van der Waals surface area contributed by atoms with Gasteiger partial charge in [-0.1, -0.05) is 49.0 Å². The molecule has 1 nitrogen and oxygen atoms in total. The fourth-order valence-corrected chi connectivity index (χ4v) is 3.11. The molecule has 1 aliphatic rings. The van der Waals surface area contributed by atoms with Gasteiger partial charge < -0.3 is 5.73 Å². The first-order chi connectivity index (χ1) is 8.11. The van der Waals surface area contributed by atoms with Crippen LogP contribution in [-0.2, 0) is 0 Å². The first-order valence-corrected chi connectivity index (χ1v) is 7.08. The number of benzene rings is 1. The predicted molar refractivity (Wildman–Crippen MR) is 74.5 cm³/mol. The van der Waals surface area contributed by atoms with Crippen LogP contribution >= 0.6 is 23.2 Å². The summed E-state index contributed by atoms with van der Waals surface area (Å²) in [6, 6.07) is 5.85. The molecule has 0 saturated heterocycles. The van der Waals surface area contributed by atoms with Gasteiger partial charge in [0.05, 0.1) is 10.0 Å². The van der Waals surface area contributed by atoms with E-state index in [1.807, 2.05) is 18.2 Å². The zero-order valence-corrected chi connectivity index (χ0v) is 11.6. The average Bonchev–Trinajstić information content (AvgIpc) is 2.80. The molecule has 1 aliphatic carbocycles. The Labute approximate surface area is 113 Å². The lowest BCUT2D eigenvalue weighted by molar-refractivity contribution is 0.416. The van der Waals surface area contributed by atoms with Gasteiger partial charge in [0.15, 0.2) is 0 Å². The van der Waals surface area contributed by atoms with E-state index in [1.54, 1.807) is 0 Å². The summed E-state index contributed by atoms with van der Waals surface area (Å²) < 4.78 is 0. The fourth-order valence-electron chi connectivity index (χ4n) is 2.80. The Balaban J connectivity index is 2.09. The molecule has 1 fully saturated rings. The van der Waals surface area contributed by atoms with Crippen molar-refractivity contribution >= 4 is 23.2 Å². The van der Waals surface area contributed by atoms with Crippen molar-refractivity contribution in [1.82, 2.24) is 0 Å². The van der Waals surface area contributed by atoms with Crippen LogP contribution in [0.15, 0.2) is 18.2 Å². The van der Waals surface area contributed by atoms with E-state index in [4.69, 9.17) is 28.9 Å². The van der Waals surface area contributed by atoms with Gasteiger partial charge in [-0.05, 0) is 42.4 Å². The molecule has 3 heteroatoms. The summed E-state index contributed by atoms with van der Waals surface area (Å²) in [4.78, 5) is 0. The van der Waals surface area contributed by atoms with Crippen LogP contribution in [-0.4, -0.2) is 0 Å². The van der Waals surface area contributed by atoms with Crippen LogP contribution in [0.1, 0.15) is 44.2 Å². The molecule has 1 saturated carbocycles. The van der Waals surface area contributed by atoms with Crippen LogP contribution in [0, 0.1) is 11.8 Å². The summed E-state index contributed by atoms with van der Waals surface area (Å²) in [6.07, 6.45) is 5.07. The molecule has 2 N–H and O–H groups in total. The smallest absolute Gasteiger partial charge is 0.0595 e. The highest BCUT2D eigenvalue weighted by molar-refractivity contribution is 6.42. The summed E-state index contributed by atoms with van der Waals surface area (Å²) in [7, 11) is 0. The van der Waals surface area contributed by atoms with Gasteiger partial charge in [0.2, 0.25) is 0 Å². The third-order valence-corrected chi connectivity index (χ3v) is 4.73. The number of halogens is 2. The maximum absolute atomic E-state index is 6.33. The zero-order chi connectivity index (χ0) is 12.4. The zero-order valence-electron chi connectivity index (χ0n) is 10.1. The maximum atomic E-state index is 6.33. The van der Waals surface area contributed by atoms with Crippen LogP contribution in [0.3, 0.4) is 0 Å². The van der Waals surface area contributed by atoms with E-state index in [0.717, 1.165) is 11.5 Å². The average molecular weight is 272 g/mol. The van der Waals surface area contributed by atoms with Crippen molar-refractivity contribution < 1.29 is 0 Å². The van der Waals surface area contributed by atoms with Crippen molar-refractivity contribution in [3.63, 3.8) is 0 Å². The Kier molecular flexibility index (Phi) is 4.35. The summed E-state index contributed by atoms with van der Waals surface area (Å²) >= 11 is 12.0. The lowest BCUT2D eigenvalue weighted by atomic mass is 9.91. The van der Waals surface area contributed by atoms with Crippen LogP contribution in [0.4, 0.5) is 0 Å². The predicted octanol–water partition coefficient (Wildman–Crippen LogP) is 4.82. The minimum atomic E-state index is 0.0984. The second kappa shape index (κ2) is 5.60. The van der Waals surface area contributed by atoms with Crippen LogP contribution in [0.25, 0.3) is 0 Å². The minimum absolute atomic E-state index is 0.0984. The van der Waals surface area contributed by atoms with Gasteiger partial charge in [-0.3, -0.25) is 0 Å². The molecular formula is C14H19Cl2N. The lowest BCUT2D eigenvalue weighted by Crippen LogP contribution is -2.19. The van der Waals surface area contributed by atoms with E-state index in [9.17, 15) is 0 Å². The molecule has 17 heavy (non-hydrogen) atoms. The molecule has 3 unspecified atom stereocenters. The van der Waals surface area contributed by atoms with Gasteiger partial charge in [0.1, 0.15) is 0 Å². The Bertz CT molecular complexity index is 392. The normalized spacial score (nSPS) is 26.1. The monoisotopic (exact) mass is 271 g/mol. The maximum Gasteiger partial charge on any atom is 0.0595 e. The molecule has 1 aromatic carbocycles. The summed E-state index contributed by atoms with van der Waals surface area (Å²) in [6.45, 7) is 2.26. The topological polar surface area (TPSA) is 26.0 Å². The quantitative estimate of drug-likeness (QED) is 0.838. The Morgan fingerprint density at radius 2 is 2.06 bits per heavy atom. The van der Waals surface area contributed by atoms with E-state index < -0.39 is 0 Å². The van der Waals surface area contributed by atoms with Crippen molar-refractivity contribution in [3.05, 3.63) is 33.8 Å². The van der Waals surface area contributed by atoms with Crippen LogP contribution in [0.5, 0.6) is 0 Å². The molecule has 0 radical (unpaired) electrons. The van der Waals surface area contributed by atoms with E-state index >= 15 is 0 Å². The summed E-state index contributed by atoms with van der Waals surface area (Å²) in [5, 5.41) is 1.20. The lowest BCUT2D eigenvalue weighted by Gasteiger charge is -2.20. The SMILES string of the molecule is CCC1CCC(C(N)c2ccc(Cl)c(Cl)c2)C1. The first kappa shape index (κ1) is 13.2. The number of hydrogen-bond donors (Lipinski definition) is 1. The van der Waals surface area contributed by atoms with Crippen molar-refractivity contribution in [2.75, 3.05) is 0 Å². The second-order valence-corrected chi connectivity index (χ2v) is 5.86. The number of hydrogen-bond acceptors (Lipinski definition) is 1. The van der Waals surface area contributed by atoms with Crippen molar-refractivity contribution in [2.24, 2.45) is 17.6 Å². The Hall–Kier alpha value is -0.240. The summed E-state index contributed by atoms with van der Waals surface area (Å²) in [5.41, 5.74) is 7.45. The van der Waals surface area contributed by atoms with Gasteiger partial charge in [0, 0.05) is 6.04 Å². The fraction of sp³-hybridized carbons (Fsp3) is 0.571. The summed E-state index contributed by atoms with van der Waals surface area (Å²) in [5.74, 6) is 1.45. The molecule has 0 heterocycles. The van der Waals surface area contributed by atoms with Gasteiger partial charge in [0.25, 0.3) is 0 Å². The van der Waals surface area contributed by atoms with Gasteiger partial charge in [-0.15, -0.1) is 0 Å². The molecule has 94 valence electrons. The largest absolute Gasteiger partial charge is 0.324 e. The number of rotatable bonds is 3. The molecule has 0 amide bonds. The molecule has 0 aliphatic heterocycles. The van der Waals surface area contributed by atoms with Crippen molar-refractivity contribution in [1.29, 1.82) is 0 Å². The van der Waals surface area contributed by atoms with Crippen molar-refractivity contribution in [2.45, 2.75) is 38.6 Å². The molecule has 3 atom stereocenters. The molecule has 1 aromatic rings. The van der Waals surface area contributed by atoms with E-state index in [2.05, 4.69) is 6.92 Å². The number of nitrogens with two attached hydrogens (primary N) is 1. The molecular weight excluding hydrogens is 253 g/mol. The third kappa shape index (κ3) is 2.96. The highest BCUT2D eigenvalue weighted by atomic mass is 35.5. The molecule has 0 aromatic heterocycles. The van der Waals surface area contributed by atoms with E-state index in [1.165, 1.54) is 25.7 Å². The highest BCUT2D eigenvalue weighted by Gasteiger charge is 2.28. The van der Waals surface area contributed by atoms with E-state index in [-0.39, 0.29) is 6.04 Å². The third-order valence-electron chi connectivity index (χ3n) is 4.00. The molecule has 2 rings (SSSR count). The highest BCUT2D eigenvalue weighted by Crippen LogP contribution is 2.40. The second-order valence-electron chi connectivity index (χ2n) is 5.05. The minimum Gasteiger partial charge on any atom is -0.324 e. The van der Waals surface area contributed by atoms with Crippen LogP contribution in [0.2, 0.25) is 10.0 Å². The standard InChI is InChI=1S/C14H19Cl2N/c1-2-9-3-4-10(7-9)14(17)11-5-6-12(15)13(16)8-11/h5-6,8-10,14H,2-4,7,17H2,1H3. The van der Waals surface area contributed by atoms with Gasteiger partial charge >= 0.3 is 0 Å². The van der Waals surface area contributed by atoms with Crippen LogP contribution < -0.4 is 5.73 Å².